The van der Waals surface area contributed by atoms with E-state index >= 15 is 0 Å². The zero-order chi connectivity index (χ0) is 16.6. The molecule has 0 radical (unpaired) electrons. The Hall–Kier alpha value is -1.26. The van der Waals surface area contributed by atoms with Crippen molar-refractivity contribution in [1.29, 1.82) is 0 Å². The van der Waals surface area contributed by atoms with Gasteiger partial charge in [0.2, 0.25) is 5.88 Å². The number of aromatic nitrogens is 1. The number of halogens is 4. The third-order valence-electron chi connectivity index (χ3n) is 2.71. The zero-order valence-corrected chi connectivity index (χ0v) is 15.4. The summed E-state index contributed by atoms with van der Waals surface area (Å²) in [6, 6.07) is 2.14. The molecule has 0 bridgehead atoms. The summed E-state index contributed by atoms with van der Waals surface area (Å²) in [5.74, 6) is 0.346. The minimum Gasteiger partial charge on any atom is -0.475 e. The van der Waals surface area contributed by atoms with Gasteiger partial charge in [0.25, 0.3) is 0 Å². The minimum absolute atomic E-state index is 0. The fourth-order valence-corrected chi connectivity index (χ4v) is 1.55. The molecule has 0 saturated carbocycles. The molecule has 0 fully saturated rings. The molecule has 9 heteroatoms. The molecule has 0 aliphatic heterocycles. The summed E-state index contributed by atoms with van der Waals surface area (Å²) in [5.41, 5.74) is 4.73. The van der Waals surface area contributed by atoms with E-state index in [1.807, 2.05) is 0 Å². The molecule has 0 saturated heterocycles. The van der Waals surface area contributed by atoms with Crippen molar-refractivity contribution in [1.82, 2.24) is 10.3 Å². The minimum atomic E-state index is -4.49. The quantitative estimate of drug-likeness (QED) is 0.292. The van der Waals surface area contributed by atoms with Crippen molar-refractivity contribution in [2.45, 2.75) is 26.4 Å². The number of pyridine rings is 1. The highest BCUT2D eigenvalue weighted by Gasteiger charge is 2.34. The Kier molecular flexibility index (Phi) is 9.93. The lowest BCUT2D eigenvalue weighted by atomic mass is 10.1. The Morgan fingerprint density at radius 3 is 2.74 bits per heavy atom. The van der Waals surface area contributed by atoms with E-state index < -0.39 is 17.6 Å². The van der Waals surface area contributed by atoms with E-state index in [0.29, 0.717) is 12.5 Å². The molecule has 0 aromatic carbocycles. The van der Waals surface area contributed by atoms with Crippen molar-refractivity contribution >= 4 is 29.9 Å². The molecule has 1 aromatic heterocycles. The average molecular weight is 446 g/mol. The number of hydrogen-bond acceptors (Lipinski definition) is 3. The Labute approximate surface area is 150 Å². The number of guanidine groups is 1. The lowest BCUT2D eigenvalue weighted by Crippen LogP contribution is -2.35. The van der Waals surface area contributed by atoms with Crippen molar-refractivity contribution in [3.8, 4) is 5.88 Å². The lowest BCUT2D eigenvalue weighted by Gasteiger charge is -2.12. The average Bonchev–Trinajstić information content (AvgIpc) is 2.42. The van der Waals surface area contributed by atoms with Crippen LogP contribution >= 0.6 is 24.0 Å². The van der Waals surface area contributed by atoms with E-state index in [9.17, 15) is 13.2 Å². The van der Waals surface area contributed by atoms with Crippen LogP contribution in [0.3, 0.4) is 0 Å². The molecule has 132 valence electrons. The van der Waals surface area contributed by atoms with Gasteiger partial charge >= 0.3 is 6.18 Å². The van der Waals surface area contributed by atoms with Gasteiger partial charge in [-0.25, -0.2) is 4.98 Å². The maximum atomic E-state index is 12.7. The van der Waals surface area contributed by atoms with Crippen LogP contribution in [-0.4, -0.2) is 30.6 Å². The molecule has 1 rings (SSSR count). The van der Waals surface area contributed by atoms with Gasteiger partial charge in [0.05, 0.1) is 6.54 Å². The molecule has 0 aliphatic rings. The molecule has 1 heterocycles. The van der Waals surface area contributed by atoms with E-state index in [2.05, 4.69) is 29.1 Å². The fourth-order valence-electron chi connectivity index (χ4n) is 1.55. The van der Waals surface area contributed by atoms with E-state index in [1.54, 1.807) is 0 Å². The maximum absolute atomic E-state index is 12.7. The van der Waals surface area contributed by atoms with Crippen LogP contribution in [0.15, 0.2) is 23.3 Å². The summed E-state index contributed by atoms with van der Waals surface area (Å²) in [5, 5.41) is 2.78. The molecule has 0 atom stereocenters. The van der Waals surface area contributed by atoms with Gasteiger partial charge in [0.1, 0.15) is 12.2 Å². The fraction of sp³-hybridized carbons (Fsp3) is 0.571. The summed E-state index contributed by atoms with van der Waals surface area (Å²) in [7, 11) is 0. The second-order valence-electron chi connectivity index (χ2n) is 5.08. The van der Waals surface area contributed by atoms with Gasteiger partial charge in [-0.3, -0.25) is 4.99 Å². The summed E-state index contributed by atoms with van der Waals surface area (Å²) >= 11 is 0. The molecule has 5 nitrogen and oxygen atoms in total. The first-order valence-corrected chi connectivity index (χ1v) is 6.99. The number of alkyl halides is 3. The van der Waals surface area contributed by atoms with Gasteiger partial charge in [-0.15, -0.1) is 24.0 Å². The smallest absolute Gasteiger partial charge is 0.421 e. The third kappa shape index (κ3) is 8.82. The first kappa shape index (κ1) is 21.7. The lowest BCUT2D eigenvalue weighted by molar-refractivity contribution is -0.139. The molecule has 0 amide bonds. The van der Waals surface area contributed by atoms with Crippen LogP contribution < -0.4 is 15.8 Å². The number of nitrogens with zero attached hydrogens (tertiary/aromatic N) is 2. The Morgan fingerprint density at radius 1 is 1.43 bits per heavy atom. The molecular weight excluding hydrogens is 424 g/mol. The maximum Gasteiger partial charge on any atom is 0.421 e. The van der Waals surface area contributed by atoms with E-state index in [1.165, 1.54) is 12.3 Å². The number of nitrogens with two attached hydrogens (primary N) is 1. The number of rotatable bonds is 7. The Bertz CT molecular complexity index is 495. The normalized spacial score (nSPS) is 12.0. The number of nitrogens with one attached hydrogen (secondary N) is 1. The van der Waals surface area contributed by atoms with Gasteiger partial charge in [0, 0.05) is 12.7 Å². The largest absolute Gasteiger partial charge is 0.475 e. The highest BCUT2D eigenvalue weighted by Crippen LogP contribution is 2.34. The first-order valence-electron chi connectivity index (χ1n) is 6.99. The zero-order valence-electron chi connectivity index (χ0n) is 13.1. The summed E-state index contributed by atoms with van der Waals surface area (Å²) < 4.78 is 43.2. The molecule has 0 spiro atoms. The highest BCUT2D eigenvalue weighted by molar-refractivity contribution is 14.0. The third-order valence-corrected chi connectivity index (χ3v) is 2.71. The number of ether oxygens (including phenoxy) is 1. The topological polar surface area (TPSA) is 72.5 Å². The first-order chi connectivity index (χ1) is 10.3. The molecular formula is C14H22F3IN4O. The SMILES string of the molecule is CC(C)CCN=C(N)NCCOc1ncccc1C(F)(F)F.I. The van der Waals surface area contributed by atoms with Crippen LogP contribution in [0.5, 0.6) is 5.88 Å². The van der Waals surface area contributed by atoms with Crippen LogP contribution in [-0.2, 0) is 6.18 Å². The van der Waals surface area contributed by atoms with Gasteiger partial charge in [-0.2, -0.15) is 13.2 Å². The van der Waals surface area contributed by atoms with Crippen molar-refractivity contribution in [3.63, 3.8) is 0 Å². The standard InChI is InChI=1S/C14H21F3N4O.HI/c1-10(2)5-7-20-13(18)21-8-9-22-12-11(14(15,16)17)4-3-6-19-12;/h3-4,6,10H,5,7-9H2,1-2H3,(H3,18,20,21);1H. The second-order valence-corrected chi connectivity index (χ2v) is 5.08. The van der Waals surface area contributed by atoms with Crippen LogP contribution in [0.1, 0.15) is 25.8 Å². The van der Waals surface area contributed by atoms with Crippen molar-refractivity contribution < 1.29 is 17.9 Å². The van der Waals surface area contributed by atoms with E-state index in [4.69, 9.17) is 10.5 Å². The summed E-state index contributed by atoms with van der Waals surface area (Å²) in [4.78, 5) is 7.70. The van der Waals surface area contributed by atoms with Crippen molar-refractivity contribution in [2.75, 3.05) is 19.7 Å². The van der Waals surface area contributed by atoms with Crippen LogP contribution in [0.4, 0.5) is 13.2 Å². The number of hydrogen-bond donors (Lipinski definition) is 2. The van der Waals surface area contributed by atoms with Crippen molar-refractivity contribution in [2.24, 2.45) is 16.6 Å². The van der Waals surface area contributed by atoms with Crippen LogP contribution in [0.25, 0.3) is 0 Å². The second kappa shape index (κ2) is 10.5. The predicted molar refractivity (Wildman–Crippen MR) is 94.1 cm³/mol. The molecule has 1 aromatic rings. The monoisotopic (exact) mass is 446 g/mol. The van der Waals surface area contributed by atoms with Gasteiger partial charge in [0.15, 0.2) is 5.96 Å². The van der Waals surface area contributed by atoms with Gasteiger partial charge < -0.3 is 15.8 Å². The van der Waals surface area contributed by atoms with Gasteiger partial charge in [-0.05, 0) is 24.5 Å². The Morgan fingerprint density at radius 2 is 2.13 bits per heavy atom. The summed E-state index contributed by atoms with van der Waals surface area (Å²) in [6.07, 6.45) is -2.32. The molecule has 0 aliphatic carbocycles. The molecule has 0 unspecified atom stereocenters. The highest BCUT2D eigenvalue weighted by atomic mass is 127. The molecule has 23 heavy (non-hydrogen) atoms. The van der Waals surface area contributed by atoms with Crippen LogP contribution in [0.2, 0.25) is 0 Å². The molecule has 3 N–H and O–H groups in total. The predicted octanol–water partition coefficient (Wildman–Crippen LogP) is 3.05. The summed E-state index contributed by atoms with van der Waals surface area (Å²) in [6.45, 7) is 5.01. The Balaban J connectivity index is 0.00000484. The van der Waals surface area contributed by atoms with Crippen LogP contribution in [0, 0.1) is 5.92 Å². The number of aliphatic imine (C=N–C) groups is 1. The van der Waals surface area contributed by atoms with Gasteiger partial charge in [-0.1, -0.05) is 13.8 Å². The van der Waals surface area contributed by atoms with E-state index in [0.717, 1.165) is 12.5 Å². The van der Waals surface area contributed by atoms with Crippen molar-refractivity contribution in [3.05, 3.63) is 23.9 Å². The van der Waals surface area contributed by atoms with E-state index in [-0.39, 0.29) is 43.1 Å².